The zero-order valence-corrected chi connectivity index (χ0v) is 36.7. The van der Waals surface area contributed by atoms with Crippen LogP contribution in [-0.4, -0.2) is 8.07 Å². The summed E-state index contributed by atoms with van der Waals surface area (Å²) in [6.07, 6.45) is 0. The van der Waals surface area contributed by atoms with Crippen LogP contribution in [-0.2, 0) is 0 Å². The fourth-order valence-electron chi connectivity index (χ4n) is 10.2. The molecule has 10 aromatic carbocycles. The van der Waals surface area contributed by atoms with E-state index in [0.717, 1.165) is 61.5 Å². The SMILES string of the molecule is C[Si]1(C)c2cc(-c3ccc(N(c4ccccc4-c4ccccc4)c4cccc5c4oc4ccccc45)cc3)ccc2-c2ccc(N(c3ccccc3)c3ccccc3)c3cccc1c23. The number of hydrogen-bond acceptors (Lipinski definition) is 3. The molecule has 64 heavy (non-hydrogen) atoms. The van der Waals surface area contributed by atoms with Crippen LogP contribution in [0.1, 0.15) is 0 Å². The van der Waals surface area contributed by atoms with Gasteiger partial charge in [-0.1, -0.05) is 183 Å². The first-order chi connectivity index (χ1) is 31.5. The third kappa shape index (κ3) is 6.10. The molecule has 0 radical (unpaired) electrons. The first kappa shape index (κ1) is 37.8. The minimum atomic E-state index is -2.18. The zero-order chi connectivity index (χ0) is 42.8. The van der Waals surface area contributed by atoms with Gasteiger partial charge in [0.05, 0.1) is 17.1 Å². The van der Waals surface area contributed by atoms with Gasteiger partial charge in [0.25, 0.3) is 0 Å². The monoisotopic (exact) mass is 836 g/mol. The minimum Gasteiger partial charge on any atom is -0.454 e. The second kappa shape index (κ2) is 15.2. The van der Waals surface area contributed by atoms with Gasteiger partial charge in [-0.25, -0.2) is 0 Å². The second-order valence-corrected chi connectivity index (χ2v) is 21.6. The largest absolute Gasteiger partial charge is 0.454 e. The number of hydrogen-bond donors (Lipinski definition) is 0. The molecule has 11 aromatic rings. The van der Waals surface area contributed by atoms with E-state index in [1.807, 2.05) is 6.07 Å². The van der Waals surface area contributed by atoms with E-state index in [2.05, 4.69) is 247 Å². The molecule has 0 bridgehead atoms. The fourth-order valence-corrected chi connectivity index (χ4v) is 13.3. The lowest BCUT2D eigenvalue weighted by molar-refractivity contribution is 0.669. The molecule has 0 atom stereocenters. The van der Waals surface area contributed by atoms with Gasteiger partial charge >= 0.3 is 0 Å². The van der Waals surface area contributed by atoms with E-state index in [-0.39, 0.29) is 0 Å². The van der Waals surface area contributed by atoms with Crippen LogP contribution in [0.3, 0.4) is 0 Å². The van der Waals surface area contributed by atoms with Gasteiger partial charge in [-0.3, -0.25) is 0 Å². The molecule has 2 heterocycles. The van der Waals surface area contributed by atoms with E-state index in [1.165, 1.54) is 49.1 Å². The molecule has 0 aliphatic carbocycles. The minimum absolute atomic E-state index is 0.868. The number of para-hydroxylation sites is 5. The van der Waals surface area contributed by atoms with Gasteiger partial charge in [-0.2, -0.15) is 0 Å². The predicted molar refractivity (Wildman–Crippen MR) is 274 cm³/mol. The maximum atomic E-state index is 6.68. The molecule has 1 aliphatic rings. The average molecular weight is 837 g/mol. The summed E-state index contributed by atoms with van der Waals surface area (Å²) >= 11 is 0. The van der Waals surface area contributed by atoms with E-state index in [0.29, 0.717) is 0 Å². The summed E-state index contributed by atoms with van der Waals surface area (Å²) in [5, 5.41) is 7.84. The van der Waals surface area contributed by atoms with E-state index in [9.17, 15) is 0 Å². The molecule has 0 fully saturated rings. The van der Waals surface area contributed by atoms with Crippen molar-refractivity contribution in [2.75, 3.05) is 9.80 Å². The Balaban J connectivity index is 0.971. The molecule has 0 amide bonds. The highest BCUT2D eigenvalue weighted by Crippen LogP contribution is 2.47. The Bertz CT molecular complexity index is 3480. The Kier molecular flexibility index (Phi) is 8.96. The number of nitrogens with zero attached hydrogens (tertiary/aromatic N) is 2. The fraction of sp³-hybridized carbons (Fsp3) is 0.0333. The van der Waals surface area contributed by atoms with Crippen molar-refractivity contribution in [2.24, 2.45) is 0 Å². The van der Waals surface area contributed by atoms with Crippen LogP contribution >= 0.6 is 0 Å². The van der Waals surface area contributed by atoms with Gasteiger partial charge in [0.15, 0.2) is 5.58 Å². The molecule has 0 saturated heterocycles. The van der Waals surface area contributed by atoms with Crippen molar-refractivity contribution in [3.63, 3.8) is 0 Å². The summed E-state index contributed by atoms with van der Waals surface area (Å²) < 4.78 is 6.68. The number of anilines is 6. The van der Waals surface area contributed by atoms with Crippen molar-refractivity contribution < 1.29 is 4.42 Å². The van der Waals surface area contributed by atoms with Crippen LogP contribution in [0.2, 0.25) is 13.1 Å². The summed E-state index contributed by atoms with van der Waals surface area (Å²) in [7, 11) is -2.18. The Labute approximate surface area is 374 Å². The van der Waals surface area contributed by atoms with Crippen LogP contribution in [0.25, 0.3) is 66.1 Å². The topological polar surface area (TPSA) is 19.6 Å². The molecule has 12 rings (SSSR count). The van der Waals surface area contributed by atoms with Gasteiger partial charge in [-0.05, 0) is 104 Å². The second-order valence-electron chi connectivity index (χ2n) is 17.3. The van der Waals surface area contributed by atoms with Crippen molar-refractivity contribution in [1.29, 1.82) is 0 Å². The lowest BCUT2D eigenvalue weighted by Crippen LogP contribution is -2.55. The molecule has 1 aliphatic heterocycles. The summed E-state index contributed by atoms with van der Waals surface area (Å²) in [5.41, 5.74) is 15.8. The summed E-state index contributed by atoms with van der Waals surface area (Å²) in [5.74, 6) is 0. The average Bonchev–Trinajstić information content (AvgIpc) is 3.74. The molecular weight excluding hydrogens is 793 g/mol. The number of furan rings is 1. The molecular formula is C60H44N2OSi. The van der Waals surface area contributed by atoms with Gasteiger partial charge in [0, 0.05) is 38.8 Å². The van der Waals surface area contributed by atoms with Crippen molar-refractivity contribution >= 4 is 85.3 Å². The van der Waals surface area contributed by atoms with Crippen molar-refractivity contribution in [3.8, 4) is 33.4 Å². The highest BCUT2D eigenvalue weighted by molar-refractivity contribution is 7.03. The smallest absolute Gasteiger partial charge is 0.159 e. The molecule has 0 N–H and O–H groups in total. The first-order valence-corrected chi connectivity index (χ1v) is 25.1. The van der Waals surface area contributed by atoms with E-state index in [4.69, 9.17) is 4.42 Å². The highest BCUT2D eigenvalue weighted by atomic mass is 28.3. The van der Waals surface area contributed by atoms with Crippen LogP contribution in [0, 0.1) is 0 Å². The van der Waals surface area contributed by atoms with Gasteiger partial charge in [-0.15, -0.1) is 0 Å². The number of benzene rings is 10. The summed E-state index contributed by atoms with van der Waals surface area (Å²) in [4.78, 5) is 4.76. The molecule has 1 aromatic heterocycles. The Hall–Kier alpha value is -7.92. The van der Waals surface area contributed by atoms with Crippen LogP contribution in [0.4, 0.5) is 34.1 Å². The van der Waals surface area contributed by atoms with Crippen molar-refractivity contribution in [3.05, 3.63) is 231 Å². The Morgan fingerprint density at radius 1 is 0.344 bits per heavy atom. The van der Waals surface area contributed by atoms with Gasteiger partial charge in [0.1, 0.15) is 13.7 Å². The molecule has 0 unspecified atom stereocenters. The summed E-state index contributed by atoms with van der Waals surface area (Å²) in [6, 6.07) is 83.6. The normalized spacial score (nSPS) is 12.7. The molecule has 0 spiro atoms. The summed E-state index contributed by atoms with van der Waals surface area (Å²) in [6.45, 7) is 5.05. The third-order valence-corrected chi connectivity index (χ3v) is 16.8. The van der Waals surface area contributed by atoms with Crippen molar-refractivity contribution in [1.82, 2.24) is 0 Å². The maximum Gasteiger partial charge on any atom is 0.159 e. The van der Waals surface area contributed by atoms with E-state index in [1.54, 1.807) is 0 Å². The van der Waals surface area contributed by atoms with Crippen LogP contribution in [0.5, 0.6) is 0 Å². The number of fused-ring (bicyclic) bond motifs is 5. The lowest BCUT2D eigenvalue weighted by atomic mass is 9.93. The van der Waals surface area contributed by atoms with Crippen LogP contribution < -0.4 is 20.2 Å². The van der Waals surface area contributed by atoms with Gasteiger partial charge in [0.2, 0.25) is 0 Å². The van der Waals surface area contributed by atoms with E-state index < -0.39 is 8.07 Å². The maximum absolute atomic E-state index is 6.68. The third-order valence-electron chi connectivity index (χ3n) is 13.3. The highest BCUT2D eigenvalue weighted by Gasteiger charge is 2.36. The van der Waals surface area contributed by atoms with E-state index >= 15 is 0 Å². The van der Waals surface area contributed by atoms with Crippen LogP contribution in [0.15, 0.2) is 235 Å². The van der Waals surface area contributed by atoms with Crippen molar-refractivity contribution in [2.45, 2.75) is 13.1 Å². The Morgan fingerprint density at radius 3 is 1.69 bits per heavy atom. The quantitative estimate of drug-likeness (QED) is 0.142. The molecule has 304 valence electrons. The molecule has 4 heteroatoms. The van der Waals surface area contributed by atoms with Gasteiger partial charge < -0.3 is 14.2 Å². The predicted octanol–water partition coefficient (Wildman–Crippen LogP) is 15.8. The zero-order valence-electron chi connectivity index (χ0n) is 35.7. The lowest BCUT2D eigenvalue weighted by Gasteiger charge is -2.35. The standard InChI is InChI=1S/C60H44N2OSi/c1-64(2)57-31-17-27-52-54(61(44-20-8-4-9-21-44)45-22-10-5-11-23-45)39-38-50(59(52)57)49-37-34-43(40-58(49)64)41-32-35-46(36-33-41)62(53-28-14-12-24-47(53)42-18-6-3-7-19-42)55-29-16-26-51-48-25-13-15-30-56(48)63-60(51)55/h3-40H,1-2H3. The molecule has 0 saturated carbocycles. The Morgan fingerprint density at radius 2 is 0.922 bits per heavy atom. The molecule has 3 nitrogen and oxygen atoms in total. The first-order valence-electron chi connectivity index (χ1n) is 22.1. The number of rotatable bonds is 8.